The normalized spacial score (nSPS) is 14.0. The quantitative estimate of drug-likeness (QED) is 0.822. The number of benzene rings is 2. The molecule has 2 aromatic carbocycles. The second-order valence-corrected chi connectivity index (χ2v) is 6.22. The van der Waals surface area contributed by atoms with E-state index in [0.717, 1.165) is 0 Å². The first-order chi connectivity index (χ1) is 12.0. The van der Waals surface area contributed by atoms with E-state index in [2.05, 4.69) is 5.32 Å². The van der Waals surface area contributed by atoms with Crippen LogP contribution >= 0.6 is 23.2 Å². The summed E-state index contributed by atoms with van der Waals surface area (Å²) >= 11 is 11.8. The van der Waals surface area contributed by atoms with Gasteiger partial charge in [-0.1, -0.05) is 23.2 Å². The van der Waals surface area contributed by atoms with Gasteiger partial charge in [-0.15, -0.1) is 0 Å². The second kappa shape index (κ2) is 7.17. The molecule has 0 spiro atoms. The number of nitrogens with zero attached hydrogens (tertiary/aromatic N) is 1. The molecule has 0 atom stereocenters. The number of esters is 1. The van der Waals surface area contributed by atoms with E-state index in [1.807, 2.05) is 0 Å². The molecule has 0 radical (unpaired) electrons. The molecular formula is C18H14Cl2N2O3. The van der Waals surface area contributed by atoms with Crippen LogP contribution in [0.15, 0.2) is 59.8 Å². The molecule has 1 aliphatic heterocycles. The summed E-state index contributed by atoms with van der Waals surface area (Å²) in [6, 6.07) is 13.7. The summed E-state index contributed by atoms with van der Waals surface area (Å²) in [6.45, 7) is 0.114. The van der Waals surface area contributed by atoms with E-state index in [4.69, 9.17) is 27.9 Å². The first-order valence-electron chi connectivity index (χ1n) is 7.41. The first kappa shape index (κ1) is 17.3. The third kappa shape index (κ3) is 3.62. The van der Waals surface area contributed by atoms with E-state index < -0.39 is 5.97 Å². The van der Waals surface area contributed by atoms with Crippen LogP contribution in [0.4, 0.5) is 11.4 Å². The number of anilines is 2. The Morgan fingerprint density at radius 1 is 1.04 bits per heavy atom. The molecule has 128 valence electrons. The zero-order valence-electron chi connectivity index (χ0n) is 13.3. The molecule has 3 rings (SSSR count). The monoisotopic (exact) mass is 376 g/mol. The van der Waals surface area contributed by atoms with Crippen molar-refractivity contribution >= 4 is 46.5 Å². The lowest BCUT2D eigenvalue weighted by molar-refractivity contribution is -0.136. The minimum absolute atomic E-state index is 0.114. The van der Waals surface area contributed by atoms with Gasteiger partial charge in [0.05, 0.1) is 19.2 Å². The van der Waals surface area contributed by atoms with Gasteiger partial charge >= 0.3 is 5.97 Å². The van der Waals surface area contributed by atoms with Crippen molar-refractivity contribution in [2.24, 2.45) is 0 Å². The highest BCUT2D eigenvalue weighted by atomic mass is 35.5. The van der Waals surface area contributed by atoms with Crippen LogP contribution < -0.4 is 10.2 Å². The number of hydrogen-bond acceptors (Lipinski definition) is 4. The molecule has 0 saturated heterocycles. The number of nitrogens with one attached hydrogen (secondary N) is 1. The van der Waals surface area contributed by atoms with Gasteiger partial charge in [0.25, 0.3) is 5.91 Å². The van der Waals surface area contributed by atoms with Crippen LogP contribution in [-0.2, 0) is 14.3 Å². The molecule has 0 bridgehead atoms. The number of methoxy groups -OCH3 is 1. The summed E-state index contributed by atoms with van der Waals surface area (Å²) in [7, 11) is 1.28. The molecule has 0 unspecified atom stereocenters. The zero-order valence-corrected chi connectivity index (χ0v) is 14.8. The molecule has 0 saturated carbocycles. The highest BCUT2D eigenvalue weighted by Crippen LogP contribution is 2.28. The summed E-state index contributed by atoms with van der Waals surface area (Å²) in [4.78, 5) is 26.4. The maximum absolute atomic E-state index is 12.8. The van der Waals surface area contributed by atoms with Crippen LogP contribution in [0, 0.1) is 0 Å². The van der Waals surface area contributed by atoms with Crippen molar-refractivity contribution in [1.29, 1.82) is 0 Å². The van der Waals surface area contributed by atoms with Gasteiger partial charge in [-0.25, -0.2) is 4.79 Å². The van der Waals surface area contributed by atoms with Crippen molar-refractivity contribution in [3.63, 3.8) is 0 Å². The van der Waals surface area contributed by atoms with E-state index in [1.54, 1.807) is 48.5 Å². The van der Waals surface area contributed by atoms with Crippen LogP contribution in [0.3, 0.4) is 0 Å². The van der Waals surface area contributed by atoms with Gasteiger partial charge in [0.2, 0.25) is 0 Å². The lowest BCUT2D eigenvalue weighted by Gasteiger charge is -2.17. The number of amides is 1. The molecule has 0 aliphatic carbocycles. The Balaban J connectivity index is 1.93. The van der Waals surface area contributed by atoms with Crippen molar-refractivity contribution in [3.05, 3.63) is 69.8 Å². The largest absolute Gasteiger partial charge is 0.466 e. The summed E-state index contributed by atoms with van der Waals surface area (Å²) in [5.41, 5.74) is 1.73. The van der Waals surface area contributed by atoms with Crippen molar-refractivity contribution in [2.75, 3.05) is 23.9 Å². The molecule has 1 heterocycles. The van der Waals surface area contributed by atoms with Gasteiger partial charge < -0.3 is 15.0 Å². The second-order valence-electron chi connectivity index (χ2n) is 5.34. The maximum Gasteiger partial charge on any atom is 0.337 e. The fraction of sp³-hybridized carbons (Fsp3) is 0.111. The lowest BCUT2D eigenvalue weighted by Crippen LogP contribution is -2.28. The molecule has 0 aromatic heterocycles. The fourth-order valence-electron chi connectivity index (χ4n) is 2.50. The van der Waals surface area contributed by atoms with Crippen LogP contribution in [0.1, 0.15) is 0 Å². The number of hydrogen-bond donors (Lipinski definition) is 1. The van der Waals surface area contributed by atoms with Crippen molar-refractivity contribution in [2.45, 2.75) is 0 Å². The number of ether oxygens (including phenoxy) is 1. The molecular weight excluding hydrogens is 363 g/mol. The molecule has 25 heavy (non-hydrogen) atoms. The Bertz CT molecular complexity index is 846. The predicted octanol–water partition coefficient (Wildman–Crippen LogP) is 3.88. The average Bonchev–Trinajstić information content (AvgIpc) is 2.94. The van der Waals surface area contributed by atoms with Gasteiger partial charge in [-0.3, -0.25) is 4.79 Å². The Morgan fingerprint density at radius 3 is 2.16 bits per heavy atom. The SMILES string of the molecule is COC(=O)C1=C(Nc2ccc(Cl)cc2)C(=O)N(c2ccc(Cl)cc2)C1. The Morgan fingerprint density at radius 2 is 1.60 bits per heavy atom. The maximum atomic E-state index is 12.8. The van der Waals surface area contributed by atoms with Gasteiger partial charge in [0.15, 0.2) is 0 Å². The number of halogens is 2. The Labute approximate surface area is 154 Å². The number of rotatable bonds is 4. The predicted molar refractivity (Wildman–Crippen MR) is 97.9 cm³/mol. The van der Waals surface area contributed by atoms with Gasteiger partial charge in [0.1, 0.15) is 5.70 Å². The molecule has 0 fully saturated rings. The van der Waals surface area contributed by atoms with Crippen LogP contribution in [0.25, 0.3) is 0 Å². The van der Waals surface area contributed by atoms with E-state index in [9.17, 15) is 9.59 Å². The van der Waals surface area contributed by atoms with E-state index >= 15 is 0 Å². The van der Waals surface area contributed by atoms with Gasteiger partial charge in [-0.05, 0) is 48.5 Å². The lowest BCUT2D eigenvalue weighted by atomic mass is 10.2. The van der Waals surface area contributed by atoms with Crippen LogP contribution in [0.5, 0.6) is 0 Å². The van der Waals surface area contributed by atoms with Crippen LogP contribution in [-0.4, -0.2) is 25.5 Å². The Kier molecular flexibility index (Phi) is 4.97. The highest BCUT2D eigenvalue weighted by Gasteiger charge is 2.35. The summed E-state index contributed by atoms with van der Waals surface area (Å²) in [6.07, 6.45) is 0. The number of carbonyl (C=O) groups excluding carboxylic acids is 2. The third-order valence-corrected chi connectivity index (χ3v) is 4.26. The van der Waals surface area contributed by atoms with E-state index in [0.29, 0.717) is 21.4 Å². The van der Waals surface area contributed by atoms with Crippen molar-refractivity contribution in [3.8, 4) is 0 Å². The molecule has 1 amide bonds. The molecule has 7 heteroatoms. The van der Waals surface area contributed by atoms with Crippen molar-refractivity contribution in [1.82, 2.24) is 0 Å². The van der Waals surface area contributed by atoms with E-state index in [1.165, 1.54) is 12.0 Å². The van der Waals surface area contributed by atoms with Crippen LogP contribution in [0.2, 0.25) is 10.0 Å². The smallest absolute Gasteiger partial charge is 0.337 e. The minimum atomic E-state index is -0.554. The Hall–Kier alpha value is -2.50. The molecule has 1 aliphatic rings. The van der Waals surface area contributed by atoms with Crippen molar-refractivity contribution < 1.29 is 14.3 Å². The first-order valence-corrected chi connectivity index (χ1v) is 8.16. The summed E-state index contributed by atoms with van der Waals surface area (Å²) < 4.78 is 4.81. The van der Waals surface area contributed by atoms with Gasteiger partial charge in [0, 0.05) is 21.4 Å². The molecule has 5 nitrogen and oxygen atoms in total. The van der Waals surface area contributed by atoms with Gasteiger partial charge in [-0.2, -0.15) is 0 Å². The molecule has 2 aromatic rings. The average molecular weight is 377 g/mol. The minimum Gasteiger partial charge on any atom is -0.466 e. The zero-order chi connectivity index (χ0) is 18.0. The molecule has 1 N–H and O–H groups in total. The summed E-state index contributed by atoms with van der Waals surface area (Å²) in [5, 5.41) is 4.14. The third-order valence-electron chi connectivity index (χ3n) is 3.76. The highest BCUT2D eigenvalue weighted by molar-refractivity contribution is 6.31. The topological polar surface area (TPSA) is 58.6 Å². The number of carbonyl (C=O) groups is 2. The fourth-order valence-corrected chi connectivity index (χ4v) is 2.75. The summed E-state index contributed by atoms with van der Waals surface area (Å²) in [5.74, 6) is -0.876. The van der Waals surface area contributed by atoms with E-state index in [-0.39, 0.29) is 23.7 Å². The standard InChI is InChI=1S/C18H14Cl2N2O3/c1-25-18(24)15-10-22(14-8-4-12(20)5-9-14)17(23)16(15)21-13-6-2-11(19)3-7-13/h2-9,21H,10H2,1H3.